The molecule has 5 nitrogen and oxygen atoms in total. The average Bonchev–Trinajstić information content (AvgIpc) is 2.75. The van der Waals surface area contributed by atoms with E-state index in [2.05, 4.69) is 20.6 Å². The second-order valence-corrected chi connectivity index (χ2v) is 4.57. The minimum Gasteiger partial charge on any atom is -0.385 e. The highest BCUT2D eigenvalue weighted by Gasteiger charge is 2.10. The van der Waals surface area contributed by atoms with Crippen LogP contribution in [-0.4, -0.2) is 22.4 Å². The van der Waals surface area contributed by atoms with Crippen molar-refractivity contribution < 1.29 is 4.79 Å². The van der Waals surface area contributed by atoms with Crippen LogP contribution in [0.2, 0.25) is 0 Å². The van der Waals surface area contributed by atoms with Crippen LogP contribution in [0.1, 0.15) is 23.1 Å². The summed E-state index contributed by atoms with van der Waals surface area (Å²) in [5.74, 6) is -0.246. The van der Waals surface area contributed by atoms with E-state index < -0.39 is 0 Å². The van der Waals surface area contributed by atoms with Crippen LogP contribution in [0.4, 0.5) is 10.8 Å². The summed E-state index contributed by atoms with van der Waals surface area (Å²) in [5.41, 5.74) is 2.15. The first-order valence-corrected chi connectivity index (χ1v) is 6.50. The van der Waals surface area contributed by atoms with Gasteiger partial charge in [0.05, 0.1) is 5.69 Å². The van der Waals surface area contributed by atoms with Gasteiger partial charge in [-0.25, -0.2) is 4.98 Å². The summed E-state index contributed by atoms with van der Waals surface area (Å²) < 4.78 is 0. The lowest BCUT2D eigenvalue weighted by atomic mass is 10.3. The third-order valence-electron chi connectivity index (χ3n) is 2.21. The summed E-state index contributed by atoms with van der Waals surface area (Å²) in [6, 6.07) is 3.55. The van der Waals surface area contributed by atoms with E-state index >= 15 is 0 Å². The number of aryl methyl sites for hydroxylation is 1. The molecule has 0 aliphatic heterocycles. The van der Waals surface area contributed by atoms with Crippen molar-refractivity contribution in [2.45, 2.75) is 13.8 Å². The van der Waals surface area contributed by atoms with Gasteiger partial charge >= 0.3 is 0 Å². The molecule has 6 heteroatoms. The minimum absolute atomic E-state index is 0.246. The smallest absolute Gasteiger partial charge is 0.276 e. The molecule has 2 rings (SSSR count). The highest BCUT2D eigenvalue weighted by molar-refractivity contribution is 7.13. The highest BCUT2D eigenvalue weighted by Crippen LogP contribution is 2.16. The van der Waals surface area contributed by atoms with Gasteiger partial charge in [-0.1, -0.05) is 0 Å². The van der Waals surface area contributed by atoms with Crippen LogP contribution < -0.4 is 10.6 Å². The lowest BCUT2D eigenvalue weighted by Crippen LogP contribution is -2.14. The summed E-state index contributed by atoms with van der Waals surface area (Å²) in [6.07, 6.45) is 1.61. The van der Waals surface area contributed by atoms with Gasteiger partial charge in [-0.2, -0.15) is 0 Å². The second kappa shape index (κ2) is 5.59. The van der Waals surface area contributed by atoms with E-state index in [1.54, 1.807) is 12.3 Å². The molecule has 18 heavy (non-hydrogen) atoms. The number of thiazole rings is 1. The first-order valence-electron chi connectivity index (χ1n) is 5.62. The number of hydrogen-bond acceptors (Lipinski definition) is 5. The minimum atomic E-state index is -0.246. The Balaban J connectivity index is 2.11. The van der Waals surface area contributed by atoms with E-state index in [0.29, 0.717) is 10.8 Å². The molecule has 2 aromatic heterocycles. The zero-order valence-electron chi connectivity index (χ0n) is 10.2. The normalized spacial score (nSPS) is 10.1. The molecular formula is C12H14N4OS. The van der Waals surface area contributed by atoms with Crippen LogP contribution in [0.5, 0.6) is 0 Å². The van der Waals surface area contributed by atoms with E-state index in [0.717, 1.165) is 17.9 Å². The van der Waals surface area contributed by atoms with Crippen molar-refractivity contribution in [3.63, 3.8) is 0 Å². The standard InChI is InChI=1S/C12H14N4OS/c1-3-13-9-4-5-14-10(6-9)11(17)16-12-15-8(2)7-18-12/h4-7H,3H2,1-2H3,(H,13,14)(H,15,16,17). The van der Waals surface area contributed by atoms with Crippen LogP contribution in [-0.2, 0) is 0 Å². The number of carbonyl (C=O) groups excluding carboxylic acids is 1. The molecule has 0 spiro atoms. The first kappa shape index (κ1) is 12.5. The topological polar surface area (TPSA) is 66.9 Å². The molecule has 0 aromatic carbocycles. The zero-order chi connectivity index (χ0) is 13.0. The van der Waals surface area contributed by atoms with E-state index in [1.165, 1.54) is 11.3 Å². The molecule has 2 N–H and O–H groups in total. The Morgan fingerprint density at radius 3 is 3.00 bits per heavy atom. The van der Waals surface area contributed by atoms with Crippen LogP contribution in [0.3, 0.4) is 0 Å². The maximum atomic E-state index is 11.9. The van der Waals surface area contributed by atoms with Gasteiger partial charge in [0.1, 0.15) is 5.69 Å². The van der Waals surface area contributed by atoms with Crippen LogP contribution in [0.25, 0.3) is 0 Å². The molecule has 2 aromatic rings. The van der Waals surface area contributed by atoms with Gasteiger partial charge in [-0.3, -0.25) is 15.1 Å². The molecule has 0 atom stereocenters. The van der Waals surface area contributed by atoms with E-state index in [9.17, 15) is 4.79 Å². The molecule has 94 valence electrons. The Kier molecular flexibility index (Phi) is 3.88. The third-order valence-corrected chi connectivity index (χ3v) is 3.09. The highest BCUT2D eigenvalue weighted by atomic mass is 32.1. The summed E-state index contributed by atoms with van der Waals surface area (Å²) in [4.78, 5) is 20.2. The fourth-order valence-electron chi connectivity index (χ4n) is 1.44. The van der Waals surface area contributed by atoms with Crippen LogP contribution >= 0.6 is 11.3 Å². The average molecular weight is 262 g/mol. The summed E-state index contributed by atoms with van der Waals surface area (Å²) in [6.45, 7) is 4.69. The Bertz CT molecular complexity index is 553. The largest absolute Gasteiger partial charge is 0.385 e. The van der Waals surface area contributed by atoms with Gasteiger partial charge in [0.2, 0.25) is 0 Å². The Morgan fingerprint density at radius 2 is 2.33 bits per heavy atom. The molecule has 0 aliphatic rings. The molecule has 0 aliphatic carbocycles. The molecule has 0 radical (unpaired) electrons. The maximum Gasteiger partial charge on any atom is 0.276 e. The predicted molar refractivity (Wildman–Crippen MR) is 73.2 cm³/mol. The number of aromatic nitrogens is 2. The molecule has 0 saturated carbocycles. The summed E-state index contributed by atoms with van der Waals surface area (Å²) >= 11 is 1.40. The molecule has 2 heterocycles. The number of anilines is 2. The maximum absolute atomic E-state index is 11.9. The van der Waals surface area contributed by atoms with Crippen LogP contribution in [0, 0.1) is 6.92 Å². The van der Waals surface area contributed by atoms with Gasteiger partial charge in [-0.05, 0) is 26.0 Å². The fraction of sp³-hybridized carbons (Fsp3) is 0.250. The van der Waals surface area contributed by atoms with Crippen molar-refractivity contribution >= 4 is 28.1 Å². The van der Waals surface area contributed by atoms with E-state index in [4.69, 9.17) is 0 Å². The molecule has 0 saturated heterocycles. The lowest BCUT2D eigenvalue weighted by Gasteiger charge is -2.05. The van der Waals surface area contributed by atoms with Crippen molar-refractivity contribution in [1.29, 1.82) is 0 Å². The Hall–Kier alpha value is -1.95. The van der Waals surface area contributed by atoms with Crippen LogP contribution in [0.15, 0.2) is 23.7 Å². The first-order chi connectivity index (χ1) is 8.69. The van der Waals surface area contributed by atoms with Crippen molar-refractivity contribution in [2.75, 3.05) is 17.2 Å². The number of pyridine rings is 1. The monoisotopic (exact) mass is 262 g/mol. The van der Waals surface area contributed by atoms with Gasteiger partial charge in [-0.15, -0.1) is 11.3 Å². The van der Waals surface area contributed by atoms with Crippen molar-refractivity contribution in [3.05, 3.63) is 35.1 Å². The summed E-state index contributed by atoms with van der Waals surface area (Å²) in [5, 5.41) is 8.34. The quantitative estimate of drug-likeness (QED) is 0.888. The van der Waals surface area contributed by atoms with E-state index in [1.807, 2.05) is 25.3 Å². The van der Waals surface area contributed by atoms with Gasteiger partial charge in [0.25, 0.3) is 5.91 Å². The Labute approximate surface area is 109 Å². The SMILES string of the molecule is CCNc1ccnc(C(=O)Nc2nc(C)cs2)c1. The van der Waals surface area contributed by atoms with E-state index in [-0.39, 0.29) is 5.91 Å². The predicted octanol–water partition coefficient (Wildman–Crippen LogP) is 2.53. The molecule has 0 fully saturated rings. The van der Waals surface area contributed by atoms with Gasteiger partial charge in [0, 0.05) is 23.8 Å². The lowest BCUT2D eigenvalue weighted by molar-refractivity contribution is 0.102. The number of carbonyl (C=O) groups is 1. The molecule has 0 unspecified atom stereocenters. The zero-order valence-corrected chi connectivity index (χ0v) is 11.0. The summed E-state index contributed by atoms with van der Waals surface area (Å²) in [7, 11) is 0. The van der Waals surface area contributed by atoms with Crippen molar-refractivity contribution in [1.82, 2.24) is 9.97 Å². The number of amides is 1. The second-order valence-electron chi connectivity index (χ2n) is 3.71. The number of rotatable bonds is 4. The van der Waals surface area contributed by atoms with Gasteiger partial charge in [0.15, 0.2) is 5.13 Å². The molecule has 0 bridgehead atoms. The number of hydrogen-bond donors (Lipinski definition) is 2. The van der Waals surface area contributed by atoms with Crippen molar-refractivity contribution in [2.24, 2.45) is 0 Å². The number of nitrogens with zero attached hydrogens (tertiary/aromatic N) is 2. The third kappa shape index (κ3) is 3.04. The molecule has 1 amide bonds. The fourth-order valence-corrected chi connectivity index (χ4v) is 2.12. The number of nitrogens with one attached hydrogen (secondary N) is 2. The molecular weight excluding hydrogens is 248 g/mol. The Morgan fingerprint density at radius 1 is 1.50 bits per heavy atom. The van der Waals surface area contributed by atoms with Gasteiger partial charge < -0.3 is 5.32 Å². The van der Waals surface area contributed by atoms with Crippen molar-refractivity contribution in [3.8, 4) is 0 Å².